The summed E-state index contributed by atoms with van der Waals surface area (Å²) in [5, 5.41) is 3.46. The minimum atomic E-state index is 0.355. The number of rotatable bonds is 5. The van der Waals surface area contributed by atoms with Gasteiger partial charge in [-0.15, -0.1) is 0 Å². The third kappa shape index (κ3) is 3.53. The van der Waals surface area contributed by atoms with E-state index in [1.54, 1.807) is 7.11 Å². The predicted octanol–water partition coefficient (Wildman–Crippen LogP) is 3.22. The van der Waals surface area contributed by atoms with Gasteiger partial charge >= 0.3 is 0 Å². The molecule has 1 heterocycles. The first-order valence-corrected chi connectivity index (χ1v) is 7.72. The fraction of sp³-hybridized carbons (Fsp3) is 0.647. The molecule has 0 spiro atoms. The molecule has 20 heavy (non-hydrogen) atoms. The lowest BCUT2D eigenvalue weighted by atomic mass is 9.95. The molecule has 1 aromatic rings. The number of piperidine rings is 1. The van der Waals surface area contributed by atoms with E-state index >= 15 is 0 Å². The summed E-state index contributed by atoms with van der Waals surface area (Å²) in [6, 6.07) is 10.1. The van der Waals surface area contributed by atoms with E-state index in [2.05, 4.69) is 42.3 Å². The van der Waals surface area contributed by atoms with Gasteiger partial charge in [0.1, 0.15) is 5.75 Å². The lowest BCUT2D eigenvalue weighted by molar-refractivity contribution is 0.0920. The van der Waals surface area contributed by atoms with Crippen molar-refractivity contribution in [2.24, 2.45) is 0 Å². The molecule has 2 rings (SSSR count). The molecule has 1 N–H and O–H groups in total. The standard InChI is InChI=1S/C17H28N2O/c1-13-7-5-8-14(2)19(13)12-17(18-3)15-9-6-10-16(11-15)20-4/h6,9-11,13-14,17-18H,5,7-8,12H2,1-4H3/t13-,14+,17?. The molecule has 0 aromatic heterocycles. The molecule has 1 aliphatic heterocycles. The highest BCUT2D eigenvalue weighted by atomic mass is 16.5. The summed E-state index contributed by atoms with van der Waals surface area (Å²) < 4.78 is 5.34. The van der Waals surface area contributed by atoms with Crippen molar-refractivity contribution in [1.82, 2.24) is 10.2 Å². The van der Waals surface area contributed by atoms with Gasteiger partial charge in [0.15, 0.2) is 0 Å². The number of methoxy groups -OCH3 is 1. The van der Waals surface area contributed by atoms with Crippen LogP contribution in [0, 0.1) is 0 Å². The van der Waals surface area contributed by atoms with Crippen molar-refractivity contribution in [2.45, 2.75) is 51.2 Å². The van der Waals surface area contributed by atoms with Crippen LogP contribution in [0.1, 0.15) is 44.7 Å². The molecule has 0 aliphatic carbocycles. The predicted molar refractivity (Wildman–Crippen MR) is 84.3 cm³/mol. The average molecular weight is 276 g/mol. The molecule has 0 amide bonds. The van der Waals surface area contributed by atoms with E-state index in [0.717, 1.165) is 12.3 Å². The molecule has 0 bridgehead atoms. The third-order valence-corrected chi connectivity index (χ3v) is 4.61. The van der Waals surface area contributed by atoms with Gasteiger partial charge < -0.3 is 10.1 Å². The number of nitrogens with one attached hydrogen (secondary N) is 1. The summed E-state index contributed by atoms with van der Waals surface area (Å²) in [7, 11) is 3.77. The Hall–Kier alpha value is -1.06. The number of ether oxygens (including phenoxy) is 1. The minimum absolute atomic E-state index is 0.355. The Morgan fingerprint density at radius 1 is 1.30 bits per heavy atom. The SMILES string of the molecule is CNC(CN1[C@H](C)CCC[C@@H]1C)c1cccc(OC)c1. The van der Waals surface area contributed by atoms with Crippen LogP contribution in [0.5, 0.6) is 5.75 Å². The van der Waals surface area contributed by atoms with Crippen LogP contribution in [-0.2, 0) is 0 Å². The molecule has 1 aliphatic rings. The Labute approximate surface area is 123 Å². The Balaban J connectivity index is 2.11. The second kappa shape index (κ2) is 7.09. The number of nitrogens with zero attached hydrogens (tertiary/aromatic N) is 1. The van der Waals surface area contributed by atoms with Gasteiger partial charge in [0, 0.05) is 24.7 Å². The number of likely N-dealkylation sites (N-methyl/N-ethyl adjacent to an activating group) is 1. The first-order valence-electron chi connectivity index (χ1n) is 7.72. The van der Waals surface area contributed by atoms with Crippen LogP contribution in [0.15, 0.2) is 24.3 Å². The smallest absolute Gasteiger partial charge is 0.119 e. The van der Waals surface area contributed by atoms with Crippen LogP contribution in [0.3, 0.4) is 0 Å². The summed E-state index contributed by atoms with van der Waals surface area (Å²) in [5.74, 6) is 0.933. The van der Waals surface area contributed by atoms with Crippen molar-refractivity contribution < 1.29 is 4.74 Å². The van der Waals surface area contributed by atoms with Crippen LogP contribution >= 0.6 is 0 Å². The molecule has 3 heteroatoms. The Kier molecular flexibility index (Phi) is 5.44. The lowest BCUT2D eigenvalue weighted by Gasteiger charge is -2.41. The van der Waals surface area contributed by atoms with Gasteiger partial charge in [-0.1, -0.05) is 18.6 Å². The molecule has 0 saturated carbocycles. The lowest BCUT2D eigenvalue weighted by Crippen LogP contribution is -2.47. The number of hydrogen-bond donors (Lipinski definition) is 1. The van der Waals surface area contributed by atoms with E-state index < -0.39 is 0 Å². The maximum atomic E-state index is 5.34. The molecule has 1 aromatic carbocycles. The highest BCUT2D eigenvalue weighted by Crippen LogP contribution is 2.26. The van der Waals surface area contributed by atoms with Crippen molar-refractivity contribution >= 4 is 0 Å². The quantitative estimate of drug-likeness (QED) is 0.893. The fourth-order valence-corrected chi connectivity index (χ4v) is 3.27. The second-order valence-corrected chi connectivity index (χ2v) is 5.94. The van der Waals surface area contributed by atoms with Crippen LogP contribution in [0.4, 0.5) is 0 Å². The Morgan fingerprint density at radius 3 is 2.60 bits per heavy atom. The van der Waals surface area contributed by atoms with Gasteiger partial charge in [0.2, 0.25) is 0 Å². The summed E-state index contributed by atoms with van der Waals surface area (Å²) in [4.78, 5) is 2.64. The summed E-state index contributed by atoms with van der Waals surface area (Å²) in [6.45, 7) is 5.77. The molecule has 3 atom stereocenters. The summed E-state index contributed by atoms with van der Waals surface area (Å²) in [5.41, 5.74) is 1.30. The number of hydrogen-bond acceptors (Lipinski definition) is 3. The maximum Gasteiger partial charge on any atom is 0.119 e. The van der Waals surface area contributed by atoms with Crippen LogP contribution in [0.2, 0.25) is 0 Å². The molecule has 1 saturated heterocycles. The van der Waals surface area contributed by atoms with Crippen molar-refractivity contribution in [3.8, 4) is 5.75 Å². The third-order valence-electron chi connectivity index (χ3n) is 4.61. The second-order valence-electron chi connectivity index (χ2n) is 5.94. The first-order chi connectivity index (χ1) is 9.65. The number of benzene rings is 1. The Morgan fingerprint density at radius 2 is 2.00 bits per heavy atom. The highest BCUT2D eigenvalue weighted by Gasteiger charge is 2.27. The van der Waals surface area contributed by atoms with Crippen molar-refractivity contribution in [3.05, 3.63) is 29.8 Å². The van der Waals surface area contributed by atoms with Crippen LogP contribution in [-0.4, -0.2) is 37.7 Å². The van der Waals surface area contributed by atoms with E-state index in [4.69, 9.17) is 4.74 Å². The monoisotopic (exact) mass is 276 g/mol. The van der Waals surface area contributed by atoms with E-state index in [0.29, 0.717) is 18.1 Å². The van der Waals surface area contributed by atoms with Crippen molar-refractivity contribution in [3.63, 3.8) is 0 Å². The zero-order valence-electron chi connectivity index (χ0n) is 13.2. The topological polar surface area (TPSA) is 24.5 Å². The van der Waals surface area contributed by atoms with Crippen molar-refractivity contribution in [2.75, 3.05) is 20.7 Å². The Bertz CT molecular complexity index is 411. The molecular weight excluding hydrogens is 248 g/mol. The normalized spacial score (nSPS) is 25.4. The van der Waals surface area contributed by atoms with E-state index in [9.17, 15) is 0 Å². The minimum Gasteiger partial charge on any atom is -0.497 e. The first kappa shape index (κ1) is 15.3. The molecule has 3 nitrogen and oxygen atoms in total. The molecule has 112 valence electrons. The van der Waals surface area contributed by atoms with Gasteiger partial charge in [0.25, 0.3) is 0 Å². The van der Waals surface area contributed by atoms with Crippen molar-refractivity contribution in [1.29, 1.82) is 0 Å². The summed E-state index contributed by atoms with van der Waals surface area (Å²) >= 11 is 0. The van der Waals surface area contributed by atoms with Crippen LogP contribution < -0.4 is 10.1 Å². The van der Waals surface area contributed by atoms with Gasteiger partial charge in [0.05, 0.1) is 7.11 Å². The van der Waals surface area contributed by atoms with Gasteiger partial charge in [-0.25, -0.2) is 0 Å². The van der Waals surface area contributed by atoms with E-state index in [-0.39, 0.29) is 0 Å². The molecule has 1 unspecified atom stereocenters. The zero-order chi connectivity index (χ0) is 14.5. The van der Waals surface area contributed by atoms with Gasteiger partial charge in [-0.05, 0) is 51.4 Å². The molecular formula is C17H28N2O. The maximum absolute atomic E-state index is 5.34. The summed E-state index contributed by atoms with van der Waals surface area (Å²) in [6.07, 6.45) is 4.00. The van der Waals surface area contributed by atoms with Gasteiger partial charge in [-0.3, -0.25) is 4.90 Å². The number of likely N-dealkylation sites (tertiary alicyclic amines) is 1. The highest BCUT2D eigenvalue weighted by molar-refractivity contribution is 5.30. The molecule has 0 radical (unpaired) electrons. The fourth-order valence-electron chi connectivity index (χ4n) is 3.27. The van der Waals surface area contributed by atoms with Crippen LogP contribution in [0.25, 0.3) is 0 Å². The van der Waals surface area contributed by atoms with Gasteiger partial charge in [-0.2, -0.15) is 0 Å². The van der Waals surface area contributed by atoms with E-state index in [1.165, 1.54) is 24.8 Å². The largest absolute Gasteiger partial charge is 0.497 e. The van der Waals surface area contributed by atoms with E-state index in [1.807, 2.05) is 13.1 Å². The molecule has 1 fully saturated rings. The average Bonchev–Trinajstić information content (AvgIpc) is 2.47. The zero-order valence-corrected chi connectivity index (χ0v) is 13.2.